The molecule has 0 spiro atoms. The Hall–Kier alpha value is -0.940. The smallest absolute Gasteiger partial charge is 0.224 e. The van der Waals surface area contributed by atoms with Crippen molar-refractivity contribution in [1.29, 1.82) is 0 Å². The highest BCUT2D eigenvalue weighted by molar-refractivity contribution is 6.28. The van der Waals surface area contributed by atoms with Gasteiger partial charge in [-0.1, -0.05) is 0 Å². The maximum atomic E-state index is 13.3. The number of anilines is 1. The Balaban J connectivity index is 2.19. The minimum absolute atomic E-state index is 0.0291. The minimum atomic E-state index is -0.507. The van der Waals surface area contributed by atoms with E-state index < -0.39 is 5.82 Å². The lowest BCUT2D eigenvalue weighted by Gasteiger charge is -2.24. The van der Waals surface area contributed by atoms with Crippen molar-refractivity contribution in [1.82, 2.24) is 9.97 Å². The molecule has 2 rings (SSSR count). The van der Waals surface area contributed by atoms with Crippen LogP contribution in [0.2, 0.25) is 5.28 Å². The van der Waals surface area contributed by atoms with Crippen LogP contribution in [0.15, 0.2) is 6.20 Å². The first-order valence-corrected chi connectivity index (χ1v) is 5.01. The molecule has 4 nitrogen and oxygen atoms in total. The van der Waals surface area contributed by atoms with E-state index in [0.717, 1.165) is 12.6 Å². The van der Waals surface area contributed by atoms with Crippen molar-refractivity contribution in [2.75, 3.05) is 18.5 Å². The summed E-state index contributed by atoms with van der Waals surface area (Å²) in [6, 6.07) is 0. The molecule has 1 N–H and O–H groups in total. The first kappa shape index (κ1) is 10.6. The van der Waals surface area contributed by atoms with Gasteiger partial charge in [-0.05, 0) is 24.9 Å². The lowest BCUT2D eigenvalue weighted by molar-refractivity contribution is 0.185. The van der Waals surface area contributed by atoms with Crippen LogP contribution in [0.4, 0.5) is 10.2 Å². The normalized spacial score (nSPS) is 25.5. The number of aromatic nitrogens is 2. The molecule has 82 valence electrons. The summed E-state index contributed by atoms with van der Waals surface area (Å²) in [5.74, 6) is -0.379. The first-order chi connectivity index (χ1) is 7.09. The summed E-state index contributed by atoms with van der Waals surface area (Å²) in [5.41, 5.74) is -0.279. The van der Waals surface area contributed by atoms with Crippen LogP contribution in [-0.4, -0.2) is 28.7 Å². The molecule has 0 bridgehead atoms. The molecule has 0 amide bonds. The van der Waals surface area contributed by atoms with Crippen LogP contribution in [0.25, 0.3) is 0 Å². The molecule has 1 saturated heterocycles. The molecule has 1 aliphatic heterocycles. The Morgan fingerprint density at radius 1 is 1.67 bits per heavy atom. The molecule has 1 unspecified atom stereocenters. The Labute approximate surface area is 91.8 Å². The molecular formula is C9H11ClFN3O. The van der Waals surface area contributed by atoms with E-state index >= 15 is 0 Å². The van der Waals surface area contributed by atoms with Crippen LogP contribution < -0.4 is 5.32 Å². The molecule has 1 fully saturated rings. The number of hydrogen-bond acceptors (Lipinski definition) is 4. The third kappa shape index (κ3) is 2.35. The fourth-order valence-corrected chi connectivity index (χ4v) is 1.62. The molecule has 1 aromatic heterocycles. The summed E-state index contributed by atoms with van der Waals surface area (Å²) in [7, 11) is 0. The monoisotopic (exact) mass is 231 g/mol. The van der Waals surface area contributed by atoms with Gasteiger partial charge in [0.25, 0.3) is 0 Å². The molecule has 1 atom stereocenters. The lowest BCUT2D eigenvalue weighted by Crippen LogP contribution is -2.35. The van der Waals surface area contributed by atoms with Gasteiger partial charge in [0.1, 0.15) is 0 Å². The molecule has 15 heavy (non-hydrogen) atoms. The SMILES string of the molecule is CC1(Nc2nc(Cl)ncc2F)CCOC1. The van der Waals surface area contributed by atoms with E-state index in [2.05, 4.69) is 15.3 Å². The Kier molecular flexibility index (Phi) is 2.75. The predicted molar refractivity (Wildman–Crippen MR) is 54.5 cm³/mol. The molecule has 0 aliphatic carbocycles. The Morgan fingerprint density at radius 2 is 2.47 bits per heavy atom. The van der Waals surface area contributed by atoms with Crippen molar-refractivity contribution >= 4 is 17.4 Å². The van der Waals surface area contributed by atoms with Gasteiger partial charge in [-0.15, -0.1) is 0 Å². The van der Waals surface area contributed by atoms with Gasteiger partial charge in [0, 0.05) is 6.61 Å². The van der Waals surface area contributed by atoms with Gasteiger partial charge >= 0.3 is 0 Å². The maximum absolute atomic E-state index is 13.3. The first-order valence-electron chi connectivity index (χ1n) is 4.63. The summed E-state index contributed by atoms with van der Waals surface area (Å²) in [6.45, 7) is 3.16. The molecule has 6 heteroatoms. The molecule has 0 saturated carbocycles. The van der Waals surface area contributed by atoms with Crippen molar-refractivity contribution in [3.63, 3.8) is 0 Å². The summed E-state index contributed by atoms with van der Waals surface area (Å²) >= 11 is 5.59. The number of nitrogens with one attached hydrogen (secondary N) is 1. The lowest BCUT2D eigenvalue weighted by atomic mass is 10.0. The highest BCUT2D eigenvalue weighted by Crippen LogP contribution is 2.24. The fraction of sp³-hybridized carbons (Fsp3) is 0.556. The Morgan fingerprint density at radius 3 is 3.13 bits per heavy atom. The van der Waals surface area contributed by atoms with Gasteiger partial charge in [-0.2, -0.15) is 4.98 Å². The summed E-state index contributed by atoms with van der Waals surface area (Å²) in [4.78, 5) is 7.34. The summed E-state index contributed by atoms with van der Waals surface area (Å²) in [5, 5.41) is 3.02. The molecular weight excluding hydrogens is 221 g/mol. The second-order valence-corrected chi connectivity index (χ2v) is 4.16. The van der Waals surface area contributed by atoms with Crippen LogP contribution in [0.1, 0.15) is 13.3 Å². The molecule has 2 heterocycles. The van der Waals surface area contributed by atoms with E-state index in [1.165, 1.54) is 0 Å². The van der Waals surface area contributed by atoms with Gasteiger partial charge in [0.15, 0.2) is 11.6 Å². The van der Waals surface area contributed by atoms with Crippen molar-refractivity contribution in [3.05, 3.63) is 17.3 Å². The van der Waals surface area contributed by atoms with E-state index in [4.69, 9.17) is 16.3 Å². The highest BCUT2D eigenvalue weighted by atomic mass is 35.5. The van der Waals surface area contributed by atoms with Crippen molar-refractivity contribution < 1.29 is 9.13 Å². The number of ether oxygens (including phenoxy) is 1. The van der Waals surface area contributed by atoms with Crippen molar-refractivity contribution in [2.45, 2.75) is 18.9 Å². The van der Waals surface area contributed by atoms with E-state index in [1.807, 2.05) is 6.92 Å². The zero-order valence-electron chi connectivity index (χ0n) is 8.26. The Bertz CT molecular complexity index is 368. The minimum Gasteiger partial charge on any atom is -0.379 e. The number of nitrogens with zero attached hydrogens (tertiary/aromatic N) is 2. The van der Waals surface area contributed by atoms with E-state index in [1.54, 1.807) is 0 Å². The van der Waals surface area contributed by atoms with Gasteiger partial charge in [0.05, 0.1) is 18.3 Å². The average molecular weight is 232 g/mol. The average Bonchev–Trinajstić information content (AvgIpc) is 2.59. The van der Waals surface area contributed by atoms with Crippen LogP contribution in [0, 0.1) is 5.82 Å². The molecule has 1 aliphatic rings. The topological polar surface area (TPSA) is 47.0 Å². The van der Waals surface area contributed by atoms with Crippen molar-refractivity contribution in [2.24, 2.45) is 0 Å². The van der Waals surface area contributed by atoms with Crippen LogP contribution >= 0.6 is 11.6 Å². The van der Waals surface area contributed by atoms with Crippen LogP contribution in [0.5, 0.6) is 0 Å². The maximum Gasteiger partial charge on any atom is 0.224 e. The molecule has 0 aromatic carbocycles. The zero-order valence-corrected chi connectivity index (χ0v) is 9.01. The second kappa shape index (κ2) is 3.90. The van der Waals surface area contributed by atoms with E-state index in [0.29, 0.717) is 13.2 Å². The number of rotatable bonds is 2. The third-order valence-electron chi connectivity index (χ3n) is 2.35. The standard InChI is InChI=1S/C9H11ClFN3O/c1-9(2-3-15-5-9)14-7-6(11)4-12-8(10)13-7/h4H,2-3,5H2,1H3,(H,12,13,14). The third-order valence-corrected chi connectivity index (χ3v) is 2.54. The highest BCUT2D eigenvalue weighted by Gasteiger charge is 2.30. The van der Waals surface area contributed by atoms with Gasteiger partial charge < -0.3 is 10.1 Å². The second-order valence-electron chi connectivity index (χ2n) is 3.82. The van der Waals surface area contributed by atoms with Crippen LogP contribution in [-0.2, 0) is 4.74 Å². The number of halogens is 2. The quantitative estimate of drug-likeness (QED) is 0.790. The molecule has 1 aromatic rings. The van der Waals surface area contributed by atoms with Crippen molar-refractivity contribution in [3.8, 4) is 0 Å². The predicted octanol–water partition coefficient (Wildman–Crippen LogP) is 1.86. The summed E-state index contributed by atoms with van der Waals surface area (Å²) in [6.07, 6.45) is 1.87. The zero-order chi connectivity index (χ0) is 10.9. The van der Waals surface area contributed by atoms with Crippen LogP contribution in [0.3, 0.4) is 0 Å². The van der Waals surface area contributed by atoms with E-state index in [-0.39, 0.29) is 16.6 Å². The van der Waals surface area contributed by atoms with Gasteiger partial charge in [-0.3, -0.25) is 0 Å². The molecule has 0 radical (unpaired) electrons. The van der Waals surface area contributed by atoms with E-state index in [9.17, 15) is 4.39 Å². The number of hydrogen-bond donors (Lipinski definition) is 1. The fourth-order valence-electron chi connectivity index (χ4n) is 1.48. The van der Waals surface area contributed by atoms with Gasteiger partial charge in [-0.25, -0.2) is 9.37 Å². The summed E-state index contributed by atoms with van der Waals surface area (Å²) < 4.78 is 18.5. The van der Waals surface area contributed by atoms with Gasteiger partial charge in [0.2, 0.25) is 5.28 Å². The largest absolute Gasteiger partial charge is 0.379 e.